The van der Waals surface area contributed by atoms with Gasteiger partial charge in [0.2, 0.25) is 0 Å². The summed E-state index contributed by atoms with van der Waals surface area (Å²) in [7, 11) is 3.65. The molecule has 1 aromatic carbocycles. The van der Waals surface area contributed by atoms with Crippen LogP contribution in [0.5, 0.6) is 0 Å². The van der Waals surface area contributed by atoms with Gasteiger partial charge in [0.05, 0.1) is 19.3 Å². The zero-order valence-electron chi connectivity index (χ0n) is 11.3. The van der Waals surface area contributed by atoms with Crippen molar-refractivity contribution >= 4 is 5.97 Å². The molecule has 4 nitrogen and oxygen atoms in total. The second kappa shape index (κ2) is 4.90. The van der Waals surface area contributed by atoms with E-state index in [0.717, 1.165) is 5.56 Å². The van der Waals surface area contributed by atoms with Crippen molar-refractivity contribution in [1.82, 2.24) is 4.90 Å². The molecule has 0 aliphatic carbocycles. The molecule has 0 aromatic heterocycles. The summed E-state index contributed by atoms with van der Waals surface area (Å²) in [5, 5.41) is 9.51. The lowest BCUT2D eigenvalue weighted by Crippen LogP contribution is -2.56. The van der Waals surface area contributed by atoms with Crippen LogP contribution in [0.3, 0.4) is 0 Å². The van der Waals surface area contributed by atoms with Crippen LogP contribution >= 0.6 is 0 Å². The largest absolute Gasteiger partial charge is 0.481 e. The number of carboxylic acids is 1. The van der Waals surface area contributed by atoms with E-state index in [1.165, 1.54) is 6.07 Å². The van der Waals surface area contributed by atoms with Gasteiger partial charge in [-0.1, -0.05) is 12.1 Å². The number of aryl methyl sites for hydroxylation is 1. The number of ether oxygens (including phenoxy) is 1. The first-order valence-electron chi connectivity index (χ1n) is 6.12. The molecule has 1 aliphatic heterocycles. The summed E-state index contributed by atoms with van der Waals surface area (Å²) < 4.78 is 18.5. The molecule has 5 heteroatoms. The Balaban J connectivity index is 2.45. The van der Waals surface area contributed by atoms with Gasteiger partial charge in [0.1, 0.15) is 11.2 Å². The van der Waals surface area contributed by atoms with Crippen molar-refractivity contribution in [2.24, 2.45) is 5.41 Å². The number of carboxylic acid groups (broad SMARTS) is 1. The molecule has 1 saturated heterocycles. The van der Waals surface area contributed by atoms with E-state index in [1.54, 1.807) is 19.1 Å². The van der Waals surface area contributed by atoms with Gasteiger partial charge < -0.3 is 14.7 Å². The van der Waals surface area contributed by atoms with Gasteiger partial charge in [0, 0.05) is 0 Å². The Morgan fingerprint density at radius 2 is 2.11 bits per heavy atom. The van der Waals surface area contributed by atoms with Crippen molar-refractivity contribution < 1.29 is 19.0 Å². The highest BCUT2D eigenvalue weighted by molar-refractivity contribution is 5.77. The van der Waals surface area contributed by atoms with Crippen molar-refractivity contribution in [1.29, 1.82) is 0 Å². The minimum absolute atomic E-state index is 0.182. The van der Waals surface area contributed by atoms with E-state index >= 15 is 0 Å². The first kappa shape index (κ1) is 14.0. The van der Waals surface area contributed by atoms with Crippen molar-refractivity contribution in [2.45, 2.75) is 13.0 Å². The van der Waals surface area contributed by atoms with Crippen molar-refractivity contribution in [3.05, 3.63) is 35.1 Å². The molecular formula is C14H18FNO3. The van der Waals surface area contributed by atoms with Gasteiger partial charge >= 0.3 is 5.97 Å². The lowest BCUT2D eigenvalue weighted by Gasteiger charge is -2.46. The van der Waals surface area contributed by atoms with Crippen LogP contribution in [-0.2, 0) is 9.53 Å². The van der Waals surface area contributed by atoms with Gasteiger partial charge in [-0.2, -0.15) is 0 Å². The number of benzene rings is 1. The zero-order valence-corrected chi connectivity index (χ0v) is 11.3. The first-order valence-corrected chi connectivity index (χ1v) is 6.12. The normalized spacial score (nSPS) is 19.0. The molecular weight excluding hydrogens is 249 g/mol. The second-order valence-electron chi connectivity index (χ2n) is 5.33. The first-order chi connectivity index (χ1) is 8.88. The van der Waals surface area contributed by atoms with Gasteiger partial charge in [-0.15, -0.1) is 0 Å². The highest BCUT2D eigenvalue weighted by Gasteiger charge is 2.54. The molecule has 0 saturated carbocycles. The molecule has 1 N–H and O–H groups in total. The van der Waals surface area contributed by atoms with E-state index < -0.39 is 11.4 Å². The standard InChI is InChI=1S/C14H18FNO3/c1-9-6-10(4-5-11(9)15)12(16(2)3)14(13(17)18)7-19-8-14/h4-6,12H,7-8H2,1-3H3,(H,17,18). The fraction of sp³-hybridized carbons (Fsp3) is 0.500. The number of rotatable bonds is 4. The van der Waals surface area contributed by atoms with Gasteiger partial charge in [0.15, 0.2) is 0 Å². The number of hydrogen-bond donors (Lipinski definition) is 1. The number of aliphatic carboxylic acids is 1. The number of halogens is 1. The van der Waals surface area contributed by atoms with E-state index in [1.807, 2.05) is 19.0 Å². The third-order valence-electron chi connectivity index (χ3n) is 3.68. The van der Waals surface area contributed by atoms with Crippen molar-refractivity contribution in [2.75, 3.05) is 27.3 Å². The smallest absolute Gasteiger partial charge is 0.316 e. The summed E-state index contributed by atoms with van der Waals surface area (Å²) >= 11 is 0. The molecule has 104 valence electrons. The maximum Gasteiger partial charge on any atom is 0.316 e. The Morgan fingerprint density at radius 3 is 2.47 bits per heavy atom. The average molecular weight is 267 g/mol. The third kappa shape index (κ3) is 2.24. The maximum absolute atomic E-state index is 13.4. The molecule has 0 amide bonds. The van der Waals surface area contributed by atoms with Crippen LogP contribution in [0, 0.1) is 18.2 Å². The lowest BCUT2D eigenvalue weighted by atomic mass is 9.74. The molecule has 1 aliphatic rings. The van der Waals surface area contributed by atoms with Crippen LogP contribution in [-0.4, -0.2) is 43.3 Å². The van der Waals surface area contributed by atoms with E-state index in [9.17, 15) is 14.3 Å². The predicted octanol–water partition coefficient (Wildman–Crippen LogP) is 1.84. The monoisotopic (exact) mass is 267 g/mol. The zero-order chi connectivity index (χ0) is 14.2. The van der Waals surface area contributed by atoms with E-state index in [0.29, 0.717) is 5.56 Å². The molecule has 19 heavy (non-hydrogen) atoms. The second-order valence-corrected chi connectivity index (χ2v) is 5.33. The Labute approximate surface area is 111 Å². The summed E-state index contributed by atoms with van der Waals surface area (Å²) in [4.78, 5) is 13.4. The van der Waals surface area contributed by atoms with Crippen LogP contribution in [0.2, 0.25) is 0 Å². The van der Waals surface area contributed by atoms with Gasteiger partial charge in [-0.05, 0) is 38.2 Å². The molecule has 1 aromatic rings. The van der Waals surface area contributed by atoms with Crippen molar-refractivity contribution in [3.63, 3.8) is 0 Å². The minimum atomic E-state index is -0.951. The van der Waals surface area contributed by atoms with Gasteiger partial charge in [-0.25, -0.2) is 4.39 Å². The van der Waals surface area contributed by atoms with Gasteiger partial charge in [0.25, 0.3) is 0 Å². The van der Waals surface area contributed by atoms with Crippen LogP contribution in [0.15, 0.2) is 18.2 Å². The highest BCUT2D eigenvalue weighted by atomic mass is 19.1. The third-order valence-corrected chi connectivity index (χ3v) is 3.68. The maximum atomic E-state index is 13.4. The minimum Gasteiger partial charge on any atom is -0.481 e. The van der Waals surface area contributed by atoms with Crippen LogP contribution in [0.1, 0.15) is 17.2 Å². The number of hydrogen-bond acceptors (Lipinski definition) is 3. The fourth-order valence-corrected chi connectivity index (χ4v) is 2.67. The molecule has 0 radical (unpaired) electrons. The Kier molecular flexibility index (Phi) is 3.60. The highest BCUT2D eigenvalue weighted by Crippen LogP contribution is 2.44. The summed E-state index contributed by atoms with van der Waals surface area (Å²) in [6.07, 6.45) is 0. The predicted molar refractivity (Wildman–Crippen MR) is 68.5 cm³/mol. The molecule has 1 atom stereocenters. The number of nitrogens with zero attached hydrogens (tertiary/aromatic N) is 1. The molecule has 0 bridgehead atoms. The Bertz CT molecular complexity index is 497. The van der Waals surface area contributed by atoms with E-state index in [4.69, 9.17) is 4.74 Å². The molecule has 1 heterocycles. The van der Waals surface area contributed by atoms with Gasteiger partial charge in [-0.3, -0.25) is 4.79 Å². The van der Waals surface area contributed by atoms with Crippen LogP contribution in [0.25, 0.3) is 0 Å². The molecule has 1 fully saturated rings. The SMILES string of the molecule is Cc1cc(C(N(C)C)C2(C(=O)O)COC2)ccc1F. The molecule has 2 rings (SSSR count). The summed E-state index contributed by atoms with van der Waals surface area (Å²) in [5.74, 6) is -1.16. The topological polar surface area (TPSA) is 49.8 Å². The fourth-order valence-electron chi connectivity index (χ4n) is 2.67. The summed E-state index contributed by atoms with van der Waals surface area (Å²) in [6, 6.07) is 4.41. The summed E-state index contributed by atoms with van der Waals surface area (Å²) in [6.45, 7) is 2.04. The lowest BCUT2D eigenvalue weighted by molar-refractivity contribution is -0.193. The number of carbonyl (C=O) groups is 1. The van der Waals surface area contributed by atoms with Crippen molar-refractivity contribution in [3.8, 4) is 0 Å². The van der Waals surface area contributed by atoms with Crippen LogP contribution < -0.4 is 0 Å². The van der Waals surface area contributed by atoms with E-state index in [-0.39, 0.29) is 25.1 Å². The van der Waals surface area contributed by atoms with E-state index in [2.05, 4.69) is 0 Å². The summed E-state index contributed by atoms with van der Waals surface area (Å²) in [5.41, 5.74) is 0.369. The average Bonchev–Trinajstić information content (AvgIpc) is 2.26. The molecule has 1 unspecified atom stereocenters. The Morgan fingerprint density at radius 1 is 1.47 bits per heavy atom. The quantitative estimate of drug-likeness (QED) is 0.904. The Hall–Kier alpha value is -1.46. The molecule has 0 spiro atoms. The van der Waals surface area contributed by atoms with Crippen LogP contribution in [0.4, 0.5) is 4.39 Å².